The van der Waals surface area contributed by atoms with Crippen LogP contribution in [0.3, 0.4) is 0 Å². The fraction of sp³-hybridized carbons (Fsp3) is 0.500. The lowest BCUT2D eigenvalue weighted by Crippen LogP contribution is -2.54. The van der Waals surface area contributed by atoms with Gasteiger partial charge < -0.3 is 24.1 Å². The molecule has 1 aliphatic heterocycles. The molecule has 1 atom stereocenters. The van der Waals surface area contributed by atoms with Crippen molar-refractivity contribution in [1.82, 2.24) is 9.88 Å². The number of aromatic nitrogens is 1. The van der Waals surface area contributed by atoms with Crippen LogP contribution in [0.1, 0.15) is 38.1 Å². The van der Waals surface area contributed by atoms with E-state index in [1.54, 1.807) is 17.0 Å². The van der Waals surface area contributed by atoms with Crippen molar-refractivity contribution in [1.29, 1.82) is 0 Å². The Morgan fingerprint density at radius 2 is 2.04 bits per heavy atom. The van der Waals surface area contributed by atoms with Gasteiger partial charge in [-0.1, -0.05) is 6.07 Å². The normalized spacial score (nSPS) is 18.2. The van der Waals surface area contributed by atoms with E-state index in [-0.39, 0.29) is 17.7 Å². The van der Waals surface area contributed by atoms with E-state index in [1.807, 2.05) is 32.6 Å². The van der Waals surface area contributed by atoms with Gasteiger partial charge in [-0.2, -0.15) is 4.98 Å². The third-order valence-electron chi connectivity index (χ3n) is 4.16. The number of benzene rings is 1. The second-order valence-electron chi connectivity index (χ2n) is 7.42. The molecular weight excluding hydrogens is 338 g/mol. The molecule has 3 rings (SSSR count). The molecule has 1 saturated heterocycles. The van der Waals surface area contributed by atoms with Gasteiger partial charge in [-0.15, -0.1) is 0 Å². The van der Waals surface area contributed by atoms with Gasteiger partial charge >= 0.3 is 12.1 Å². The number of amides is 1. The number of ether oxygens (including phenoxy) is 1. The zero-order chi connectivity index (χ0) is 19.1. The number of carboxylic acid groups (broad SMARTS) is 1. The van der Waals surface area contributed by atoms with Crippen molar-refractivity contribution in [2.75, 3.05) is 24.5 Å². The van der Waals surface area contributed by atoms with Crippen LogP contribution in [-0.4, -0.2) is 58.3 Å². The SMILES string of the molecule is CC1CN(C(=O)OC(C)(C)C)CCN1c1nc2c(C(=O)O)cccc2o1. The number of carbonyl (C=O) groups is 2. The molecule has 2 aromatic rings. The lowest BCUT2D eigenvalue weighted by molar-refractivity contribution is 0.0216. The number of fused-ring (bicyclic) bond motifs is 1. The molecule has 1 N–H and O–H groups in total. The third-order valence-corrected chi connectivity index (χ3v) is 4.16. The van der Waals surface area contributed by atoms with Gasteiger partial charge in [0, 0.05) is 25.7 Å². The maximum absolute atomic E-state index is 12.2. The van der Waals surface area contributed by atoms with Crippen molar-refractivity contribution < 1.29 is 23.8 Å². The van der Waals surface area contributed by atoms with Crippen LogP contribution in [-0.2, 0) is 4.74 Å². The highest BCUT2D eigenvalue weighted by Crippen LogP contribution is 2.27. The molecule has 2 heterocycles. The fourth-order valence-electron chi connectivity index (χ4n) is 2.97. The molecule has 1 aliphatic rings. The number of carbonyl (C=O) groups excluding carboxylic acids is 1. The Kier molecular flexibility index (Phi) is 4.52. The highest BCUT2D eigenvalue weighted by atomic mass is 16.6. The summed E-state index contributed by atoms with van der Waals surface area (Å²) >= 11 is 0. The molecule has 140 valence electrons. The van der Waals surface area contributed by atoms with Gasteiger partial charge in [0.05, 0.1) is 5.56 Å². The minimum Gasteiger partial charge on any atom is -0.478 e. The van der Waals surface area contributed by atoms with Gasteiger partial charge in [-0.25, -0.2) is 9.59 Å². The zero-order valence-electron chi connectivity index (χ0n) is 15.4. The molecule has 0 spiro atoms. The summed E-state index contributed by atoms with van der Waals surface area (Å²) in [6, 6.07) is 5.15. The minimum absolute atomic E-state index is 0.0439. The molecule has 0 aliphatic carbocycles. The molecule has 26 heavy (non-hydrogen) atoms. The quantitative estimate of drug-likeness (QED) is 0.878. The molecule has 1 amide bonds. The molecule has 0 saturated carbocycles. The number of hydrogen-bond acceptors (Lipinski definition) is 6. The van der Waals surface area contributed by atoms with Gasteiger partial charge in [0.15, 0.2) is 5.58 Å². The first-order valence-electron chi connectivity index (χ1n) is 8.53. The second-order valence-corrected chi connectivity index (χ2v) is 7.42. The maximum atomic E-state index is 12.2. The number of carboxylic acids is 1. The van der Waals surface area contributed by atoms with Crippen LogP contribution in [0.15, 0.2) is 22.6 Å². The molecule has 8 nitrogen and oxygen atoms in total. The van der Waals surface area contributed by atoms with Gasteiger partial charge in [-0.05, 0) is 39.8 Å². The van der Waals surface area contributed by atoms with E-state index in [4.69, 9.17) is 9.15 Å². The molecule has 1 aromatic heterocycles. The molecule has 1 fully saturated rings. The summed E-state index contributed by atoms with van der Waals surface area (Å²) in [4.78, 5) is 31.6. The monoisotopic (exact) mass is 361 g/mol. The summed E-state index contributed by atoms with van der Waals surface area (Å²) < 4.78 is 11.2. The smallest absolute Gasteiger partial charge is 0.410 e. The van der Waals surface area contributed by atoms with Crippen molar-refractivity contribution in [2.24, 2.45) is 0 Å². The Hall–Kier alpha value is -2.77. The van der Waals surface area contributed by atoms with Gasteiger partial charge in [-0.3, -0.25) is 0 Å². The topological polar surface area (TPSA) is 96.1 Å². The summed E-state index contributed by atoms with van der Waals surface area (Å²) in [6.07, 6.45) is -0.338. The molecule has 0 bridgehead atoms. The number of aromatic carboxylic acids is 1. The lowest BCUT2D eigenvalue weighted by atomic mass is 10.2. The number of rotatable bonds is 2. The van der Waals surface area contributed by atoms with Crippen LogP contribution in [0, 0.1) is 0 Å². The van der Waals surface area contributed by atoms with Crippen LogP contribution in [0.25, 0.3) is 11.1 Å². The van der Waals surface area contributed by atoms with Crippen LogP contribution in [0.4, 0.5) is 10.8 Å². The first-order chi connectivity index (χ1) is 12.2. The number of nitrogens with zero attached hydrogens (tertiary/aromatic N) is 3. The Balaban J connectivity index is 1.78. The third kappa shape index (κ3) is 3.58. The minimum atomic E-state index is -1.04. The number of piperazine rings is 1. The highest BCUT2D eigenvalue weighted by Gasteiger charge is 2.32. The Morgan fingerprint density at radius 1 is 1.31 bits per heavy atom. The number of para-hydroxylation sites is 1. The van der Waals surface area contributed by atoms with Crippen LogP contribution < -0.4 is 4.90 Å². The van der Waals surface area contributed by atoms with Crippen molar-refractivity contribution in [2.45, 2.75) is 39.3 Å². The van der Waals surface area contributed by atoms with Gasteiger partial charge in [0.1, 0.15) is 11.1 Å². The van der Waals surface area contributed by atoms with E-state index in [0.717, 1.165) is 0 Å². The number of oxazole rings is 1. The van der Waals surface area contributed by atoms with Crippen molar-refractivity contribution >= 4 is 29.2 Å². The largest absolute Gasteiger partial charge is 0.478 e. The van der Waals surface area contributed by atoms with Crippen LogP contribution >= 0.6 is 0 Å². The van der Waals surface area contributed by atoms with Crippen molar-refractivity contribution in [3.05, 3.63) is 23.8 Å². The van der Waals surface area contributed by atoms with Gasteiger partial charge in [0.2, 0.25) is 0 Å². The Bertz CT molecular complexity index is 839. The van der Waals surface area contributed by atoms with E-state index in [1.165, 1.54) is 6.07 Å². The summed E-state index contributed by atoms with van der Waals surface area (Å²) in [7, 11) is 0. The summed E-state index contributed by atoms with van der Waals surface area (Å²) in [5.41, 5.74) is 0.335. The lowest BCUT2D eigenvalue weighted by Gasteiger charge is -2.39. The Morgan fingerprint density at radius 3 is 2.65 bits per heavy atom. The van der Waals surface area contributed by atoms with E-state index in [9.17, 15) is 14.7 Å². The molecule has 8 heteroatoms. The second kappa shape index (κ2) is 6.51. The van der Waals surface area contributed by atoms with E-state index >= 15 is 0 Å². The van der Waals surface area contributed by atoms with E-state index in [0.29, 0.717) is 36.7 Å². The van der Waals surface area contributed by atoms with Crippen LogP contribution in [0.5, 0.6) is 0 Å². The average Bonchev–Trinajstić information content (AvgIpc) is 2.96. The molecule has 1 unspecified atom stereocenters. The molecule has 1 aromatic carbocycles. The first-order valence-corrected chi connectivity index (χ1v) is 8.53. The van der Waals surface area contributed by atoms with Crippen molar-refractivity contribution in [3.63, 3.8) is 0 Å². The van der Waals surface area contributed by atoms with Gasteiger partial charge in [0.25, 0.3) is 6.01 Å². The van der Waals surface area contributed by atoms with Crippen LogP contribution in [0.2, 0.25) is 0 Å². The van der Waals surface area contributed by atoms with Crippen molar-refractivity contribution in [3.8, 4) is 0 Å². The predicted molar refractivity (Wildman–Crippen MR) is 95.6 cm³/mol. The standard InChI is InChI=1S/C18H23N3O5/c1-11-10-20(17(24)26-18(2,3)4)8-9-21(11)16-19-14-12(15(22)23)6-5-7-13(14)25-16/h5-7,11H,8-10H2,1-4H3,(H,22,23). The highest BCUT2D eigenvalue weighted by molar-refractivity contribution is 6.00. The number of anilines is 1. The maximum Gasteiger partial charge on any atom is 0.410 e. The summed E-state index contributed by atoms with van der Waals surface area (Å²) in [5.74, 6) is -1.04. The fourth-order valence-corrected chi connectivity index (χ4v) is 2.97. The number of hydrogen-bond donors (Lipinski definition) is 1. The Labute approximate surface area is 151 Å². The van der Waals surface area contributed by atoms with E-state index < -0.39 is 11.6 Å². The summed E-state index contributed by atoms with van der Waals surface area (Å²) in [6.45, 7) is 8.94. The predicted octanol–water partition coefficient (Wildman–Crippen LogP) is 2.97. The zero-order valence-corrected chi connectivity index (χ0v) is 15.4. The first kappa shape index (κ1) is 18.0. The summed E-state index contributed by atoms with van der Waals surface area (Å²) in [5, 5.41) is 9.29. The average molecular weight is 361 g/mol. The molecule has 0 radical (unpaired) electrons. The van der Waals surface area contributed by atoms with E-state index in [2.05, 4.69) is 4.98 Å². The molecular formula is C18H23N3O5.